The van der Waals surface area contributed by atoms with E-state index in [1.165, 1.54) is 5.75 Å². The van der Waals surface area contributed by atoms with Crippen molar-refractivity contribution in [2.24, 2.45) is 0 Å². The Bertz CT molecular complexity index is 496. The summed E-state index contributed by atoms with van der Waals surface area (Å²) >= 11 is 3.55. The van der Waals surface area contributed by atoms with Crippen molar-refractivity contribution in [2.75, 3.05) is 25.1 Å². The molecule has 1 aliphatic heterocycles. The first-order valence-electron chi connectivity index (χ1n) is 6.11. The second-order valence-electron chi connectivity index (χ2n) is 4.72. The number of nitrogens with zero attached hydrogens (tertiary/aromatic N) is 3. The van der Waals surface area contributed by atoms with Gasteiger partial charge in [-0.25, -0.2) is 4.98 Å². The smallest absolute Gasteiger partial charge is 0.193 e. The largest absolute Gasteiger partial charge is 0.391 e. The van der Waals surface area contributed by atoms with Crippen LogP contribution in [0.2, 0.25) is 0 Å². The van der Waals surface area contributed by atoms with Crippen molar-refractivity contribution in [1.29, 1.82) is 0 Å². The average molecular weight is 283 g/mol. The summed E-state index contributed by atoms with van der Waals surface area (Å²) in [6, 6.07) is 0.253. The number of thiazole rings is 1. The van der Waals surface area contributed by atoms with Gasteiger partial charge < -0.3 is 5.11 Å². The number of aliphatic hydroxyl groups excluding tert-OH is 1. The first kappa shape index (κ1) is 12.5. The second kappa shape index (κ2) is 5.21. The third-order valence-electron chi connectivity index (χ3n) is 3.45. The molecule has 1 aliphatic rings. The molecule has 0 bridgehead atoms. The number of hydrogen-bond donors (Lipinski definition) is 1. The molecule has 2 atom stereocenters. The molecule has 1 fully saturated rings. The van der Waals surface area contributed by atoms with Crippen LogP contribution in [-0.4, -0.2) is 56.6 Å². The van der Waals surface area contributed by atoms with E-state index in [1.54, 1.807) is 11.3 Å². The first-order chi connectivity index (χ1) is 8.74. The Morgan fingerprint density at radius 3 is 3.28 bits per heavy atom. The molecule has 2 unspecified atom stereocenters. The number of rotatable bonds is 3. The van der Waals surface area contributed by atoms with Gasteiger partial charge in [-0.1, -0.05) is 0 Å². The number of likely N-dealkylation sites (N-methyl/N-ethyl adjacent to an activating group) is 1. The summed E-state index contributed by atoms with van der Waals surface area (Å²) in [6.07, 6.45) is 4.34. The maximum atomic E-state index is 10.4. The average Bonchev–Trinajstić information content (AvgIpc) is 2.90. The van der Waals surface area contributed by atoms with Crippen molar-refractivity contribution in [2.45, 2.75) is 18.6 Å². The second-order valence-corrected chi connectivity index (χ2v) is 6.74. The Morgan fingerprint density at radius 2 is 2.50 bits per heavy atom. The summed E-state index contributed by atoms with van der Waals surface area (Å²) in [4.78, 5) is 7.80. The van der Waals surface area contributed by atoms with E-state index in [1.807, 2.05) is 33.9 Å². The molecule has 0 aromatic carbocycles. The van der Waals surface area contributed by atoms with Crippen LogP contribution in [-0.2, 0) is 6.42 Å². The van der Waals surface area contributed by atoms with Gasteiger partial charge in [-0.15, -0.1) is 11.3 Å². The van der Waals surface area contributed by atoms with Crippen molar-refractivity contribution in [3.8, 4) is 0 Å². The normalized spacial score (nSPS) is 23.6. The Kier molecular flexibility index (Phi) is 3.61. The zero-order valence-corrected chi connectivity index (χ0v) is 12.0. The van der Waals surface area contributed by atoms with Crippen LogP contribution in [0.15, 0.2) is 17.8 Å². The highest BCUT2D eigenvalue weighted by Crippen LogP contribution is 2.20. The van der Waals surface area contributed by atoms with Crippen LogP contribution in [0.4, 0.5) is 0 Å². The topological polar surface area (TPSA) is 40.8 Å². The maximum absolute atomic E-state index is 10.4. The maximum Gasteiger partial charge on any atom is 0.193 e. The van der Waals surface area contributed by atoms with E-state index < -0.39 is 0 Å². The predicted molar refractivity (Wildman–Crippen MR) is 76.5 cm³/mol. The fourth-order valence-electron chi connectivity index (χ4n) is 2.34. The molecule has 2 aromatic rings. The number of fused-ring (bicyclic) bond motifs is 1. The fraction of sp³-hybridized carbons (Fsp3) is 0.583. The Morgan fingerprint density at radius 1 is 1.61 bits per heavy atom. The minimum absolute atomic E-state index is 0.253. The molecule has 3 rings (SSSR count). The minimum Gasteiger partial charge on any atom is -0.391 e. The van der Waals surface area contributed by atoms with Crippen LogP contribution in [0.1, 0.15) is 5.69 Å². The van der Waals surface area contributed by atoms with Crippen molar-refractivity contribution in [3.63, 3.8) is 0 Å². The number of thioether (sulfide) groups is 1. The van der Waals surface area contributed by atoms with Gasteiger partial charge in [0.1, 0.15) is 0 Å². The summed E-state index contributed by atoms with van der Waals surface area (Å²) < 4.78 is 2.02. The lowest BCUT2D eigenvalue weighted by Crippen LogP contribution is -2.47. The molecule has 0 amide bonds. The quantitative estimate of drug-likeness (QED) is 0.923. The molecule has 0 spiro atoms. The zero-order valence-electron chi connectivity index (χ0n) is 10.3. The lowest BCUT2D eigenvalue weighted by Gasteiger charge is -2.35. The standard InChI is InChI=1S/C12H17N3OS2/c1-14-2-4-17-8-10(14)11(16)6-9-7-15-3-5-18-12(15)13-9/h3,5,7,10-11,16H,2,4,6,8H2,1H3. The van der Waals surface area contributed by atoms with Crippen LogP contribution < -0.4 is 0 Å². The summed E-state index contributed by atoms with van der Waals surface area (Å²) in [5, 5.41) is 12.4. The highest BCUT2D eigenvalue weighted by molar-refractivity contribution is 7.99. The number of hydrogen-bond acceptors (Lipinski definition) is 5. The van der Waals surface area contributed by atoms with E-state index in [0.29, 0.717) is 6.42 Å². The molecular formula is C12H17N3OS2. The van der Waals surface area contributed by atoms with Crippen LogP contribution in [0, 0.1) is 0 Å². The molecule has 1 N–H and O–H groups in total. The molecule has 1 saturated heterocycles. The molecule has 4 nitrogen and oxygen atoms in total. The third kappa shape index (κ3) is 2.42. The first-order valence-corrected chi connectivity index (χ1v) is 8.14. The van der Waals surface area contributed by atoms with Crippen LogP contribution in [0.25, 0.3) is 4.96 Å². The molecule has 3 heterocycles. The lowest BCUT2D eigenvalue weighted by molar-refractivity contribution is 0.0757. The van der Waals surface area contributed by atoms with Gasteiger partial charge in [0.15, 0.2) is 4.96 Å². The van der Waals surface area contributed by atoms with Crippen molar-refractivity contribution >= 4 is 28.1 Å². The number of imidazole rings is 1. The molecule has 6 heteroatoms. The van der Waals surface area contributed by atoms with Gasteiger partial charge >= 0.3 is 0 Å². The summed E-state index contributed by atoms with van der Waals surface area (Å²) in [5.74, 6) is 2.18. The fourth-order valence-corrected chi connectivity index (χ4v) is 4.36. The van der Waals surface area contributed by atoms with Gasteiger partial charge in [-0.2, -0.15) is 11.8 Å². The van der Waals surface area contributed by atoms with Gasteiger partial charge in [0.2, 0.25) is 0 Å². The lowest BCUT2D eigenvalue weighted by atomic mass is 10.1. The van der Waals surface area contributed by atoms with E-state index in [0.717, 1.165) is 23.0 Å². The van der Waals surface area contributed by atoms with E-state index in [2.05, 4.69) is 16.9 Å². The molecule has 98 valence electrons. The van der Waals surface area contributed by atoms with Crippen molar-refractivity contribution in [3.05, 3.63) is 23.5 Å². The Hall–Kier alpha value is -0.560. The van der Waals surface area contributed by atoms with E-state index >= 15 is 0 Å². The van der Waals surface area contributed by atoms with Crippen molar-refractivity contribution < 1.29 is 5.11 Å². The Balaban J connectivity index is 1.69. The molecule has 0 radical (unpaired) electrons. The molecule has 18 heavy (non-hydrogen) atoms. The van der Waals surface area contributed by atoms with Crippen LogP contribution >= 0.6 is 23.1 Å². The van der Waals surface area contributed by atoms with Gasteiger partial charge in [-0.3, -0.25) is 9.30 Å². The van der Waals surface area contributed by atoms with E-state index in [4.69, 9.17) is 0 Å². The predicted octanol–water partition coefficient (Wildman–Crippen LogP) is 1.35. The SMILES string of the molecule is CN1CCSCC1C(O)Cc1cn2ccsc2n1. The van der Waals surface area contributed by atoms with Gasteiger partial charge in [0.25, 0.3) is 0 Å². The molecule has 0 saturated carbocycles. The van der Waals surface area contributed by atoms with Gasteiger partial charge in [0.05, 0.1) is 11.8 Å². The molecule has 0 aliphatic carbocycles. The molecular weight excluding hydrogens is 266 g/mol. The van der Waals surface area contributed by atoms with E-state index in [-0.39, 0.29) is 12.1 Å². The summed E-state index contributed by atoms with van der Waals surface area (Å²) in [7, 11) is 2.10. The van der Waals surface area contributed by atoms with Gasteiger partial charge in [-0.05, 0) is 7.05 Å². The zero-order chi connectivity index (χ0) is 12.5. The molecule has 2 aromatic heterocycles. The Labute approximate surface area is 115 Å². The minimum atomic E-state index is -0.326. The monoisotopic (exact) mass is 283 g/mol. The van der Waals surface area contributed by atoms with Gasteiger partial charge in [0, 0.05) is 48.3 Å². The highest BCUT2D eigenvalue weighted by Gasteiger charge is 2.27. The van der Waals surface area contributed by atoms with Crippen LogP contribution in [0.3, 0.4) is 0 Å². The van der Waals surface area contributed by atoms with E-state index in [9.17, 15) is 5.11 Å². The number of aliphatic hydroxyl groups is 1. The highest BCUT2D eigenvalue weighted by atomic mass is 32.2. The number of aromatic nitrogens is 2. The summed E-state index contributed by atoms with van der Waals surface area (Å²) in [5.41, 5.74) is 0.985. The third-order valence-corrected chi connectivity index (χ3v) is 5.27. The van der Waals surface area contributed by atoms with Crippen molar-refractivity contribution in [1.82, 2.24) is 14.3 Å². The summed E-state index contributed by atoms with van der Waals surface area (Å²) in [6.45, 7) is 1.06. The van der Waals surface area contributed by atoms with Crippen LogP contribution in [0.5, 0.6) is 0 Å².